The second-order valence-electron chi connectivity index (χ2n) is 8.66. The van der Waals surface area contributed by atoms with E-state index in [9.17, 15) is 0 Å². The van der Waals surface area contributed by atoms with Crippen molar-refractivity contribution in [3.8, 4) is 5.75 Å². The van der Waals surface area contributed by atoms with E-state index in [1.807, 2.05) is 0 Å². The number of nitrogens with zero attached hydrogens (tertiary/aromatic N) is 2. The fourth-order valence-corrected chi connectivity index (χ4v) is 4.26. The highest BCUT2D eigenvalue weighted by Crippen LogP contribution is 2.33. The van der Waals surface area contributed by atoms with Crippen LogP contribution >= 0.6 is 0 Å². The van der Waals surface area contributed by atoms with Crippen LogP contribution in [0.3, 0.4) is 0 Å². The molecule has 0 radical (unpaired) electrons. The zero-order chi connectivity index (χ0) is 21.1. The number of fused-ring (bicyclic) bond motifs is 3. The molecule has 0 bridgehead atoms. The van der Waals surface area contributed by atoms with Crippen molar-refractivity contribution in [3.05, 3.63) is 72.1 Å². The SMILES string of the molecule is CCCCOc1ccc2c3cc[n+](Cc4ccccc4)c(C)c3n(CC(C)C)c2c1.[Br-]. The molecule has 2 aromatic carbocycles. The fourth-order valence-electron chi connectivity index (χ4n) is 4.26. The fraction of sp³-hybridized carbons (Fsp3) is 0.370. The largest absolute Gasteiger partial charge is 1.00 e. The number of rotatable bonds is 8. The normalized spacial score (nSPS) is 11.3. The number of hydrogen-bond donors (Lipinski definition) is 0. The van der Waals surface area contributed by atoms with Crippen LogP contribution in [0.5, 0.6) is 5.75 Å². The molecule has 0 aliphatic heterocycles. The van der Waals surface area contributed by atoms with Crippen molar-refractivity contribution in [3.63, 3.8) is 0 Å². The second kappa shape index (κ2) is 10.3. The van der Waals surface area contributed by atoms with Gasteiger partial charge in [-0.25, -0.2) is 0 Å². The Labute approximate surface area is 196 Å². The number of pyridine rings is 1. The third kappa shape index (κ3) is 4.95. The van der Waals surface area contributed by atoms with Crippen LogP contribution in [-0.4, -0.2) is 11.2 Å². The molecule has 0 saturated heterocycles. The Morgan fingerprint density at radius 2 is 1.77 bits per heavy atom. The number of hydrogen-bond acceptors (Lipinski definition) is 1. The Morgan fingerprint density at radius 3 is 2.48 bits per heavy atom. The van der Waals surface area contributed by atoms with Crippen LogP contribution in [0.15, 0.2) is 60.8 Å². The third-order valence-electron chi connectivity index (χ3n) is 5.78. The van der Waals surface area contributed by atoms with Crippen LogP contribution in [0.1, 0.15) is 44.9 Å². The lowest BCUT2D eigenvalue weighted by Crippen LogP contribution is -3.00. The molecule has 0 fully saturated rings. The Balaban J connectivity index is 0.00000272. The Kier molecular flexibility index (Phi) is 7.77. The highest BCUT2D eigenvalue weighted by molar-refractivity contribution is 6.08. The molecule has 0 amide bonds. The molecule has 4 heteroatoms. The maximum absolute atomic E-state index is 6.02. The summed E-state index contributed by atoms with van der Waals surface area (Å²) in [4.78, 5) is 0. The molecule has 0 atom stereocenters. The minimum absolute atomic E-state index is 0. The van der Waals surface area contributed by atoms with E-state index in [-0.39, 0.29) is 17.0 Å². The maximum Gasteiger partial charge on any atom is 0.203 e. The van der Waals surface area contributed by atoms with Gasteiger partial charge in [-0.2, -0.15) is 4.57 Å². The van der Waals surface area contributed by atoms with E-state index < -0.39 is 0 Å². The third-order valence-corrected chi connectivity index (χ3v) is 5.78. The first-order valence-corrected chi connectivity index (χ1v) is 11.2. The molecule has 4 aromatic rings. The summed E-state index contributed by atoms with van der Waals surface area (Å²) in [5.74, 6) is 1.54. The van der Waals surface area contributed by atoms with Gasteiger partial charge in [-0.05, 0) is 24.5 Å². The van der Waals surface area contributed by atoms with Crippen molar-refractivity contribution in [2.24, 2.45) is 5.92 Å². The Bertz CT molecular complexity index is 1150. The molecule has 0 N–H and O–H groups in total. The number of ether oxygens (including phenoxy) is 1. The Hall–Kier alpha value is -2.33. The monoisotopic (exact) mass is 480 g/mol. The van der Waals surface area contributed by atoms with Crippen molar-refractivity contribution in [2.45, 2.75) is 53.6 Å². The molecule has 2 heterocycles. The van der Waals surface area contributed by atoms with Crippen LogP contribution in [0.2, 0.25) is 0 Å². The minimum atomic E-state index is 0. The van der Waals surface area contributed by atoms with Crippen molar-refractivity contribution >= 4 is 21.8 Å². The van der Waals surface area contributed by atoms with Crippen molar-refractivity contribution in [2.75, 3.05) is 6.61 Å². The van der Waals surface area contributed by atoms with Gasteiger partial charge in [-0.1, -0.05) is 57.5 Å². The van der Waals surface area contributed by atoms with Gasteiger partial charge in [-0.15, -0.1) is 0 Å². The molecule has 2 aromatic heterocycles. The number of halogens is 1. The molecule has 0 saturated carbocycles. The maximum atomic E-state index is 6.02. The highest BCUT2D eigenvalue weighted by Gasteiger charge is 2.20. The van der Waals surface area contributed by atoms with Crippen LogP contribution in [0, 0.1) is 12.8 Å². The Morgan fingerprint density at radius 1 is 1.00 bits per heavy atom. The summed E-state index contributed by atoms with van der Waals surface area (Å²) in [7, 11) is 0. The van der Waals surface area contributed by atoms with Crippen LogP contribution in [-0.2, 0) is 13.1 Å². The van der Waals surface area contributed by atoms with Gasteiger partial charge in [0.25, 0.3) is 0 Å². The number of aryl methyl sites for hydroxylation is 1. The average molecular weight is 481 g/mol. The smallest absolute Gasteiger partial charge is 0.203 e. The number of aromatic nitrogens is 2. The summed E-state index contributed by atoms with van der Waals surface area (Å²) in [6.45, 7) is 11.7. The molecule has 0 unspecified atom stereocenters. The summed E-state index contributed by atoms with van der Waals surface area (Å²) < 4.78 is 10.9. The van der Waals surface area contributed by atoms with Crippen molar-refractivity contribution in [1.29, 1.82) is 0 Å². The van der Waals surface area contributed by atoms with E-state index in [0.29, 0.717) is 5.92 Å². The molecule has 164 valence electrons. The lowest BCUT2D eigenvalue weighted by Gasteiger charge is -2.12. The van der Waals surface area contributed by atoms with Crippen molar-refractivity contribution < 1.29 is 26.3 Å². The topological polar surface area (TPSA) is 18.0 Å². The first-order chi connectivity index (χ1) is 14.6. The molecule has 0 aliphatic rings. The van der Waals surface area contributed by atoms with Gasteiger partial charge in [0.2, 0.25) is 5.69 Å². The van der Waals surface area contributed by atoms with Crippen LogP contribution < -0.4 is 26.3 Å². The van der Waals surface area contributed by atoms with E-state index in [4.69, 9.17) is 4.74 Å². The zero-order valence-corrected chi connectivity index (χ0v) is 20.7. The molecule has 3 nitrogen and oxygen atoms in total. The first-order valence-electron chi connectivity index (χ1n) is 11.2. The van der Waals surface area contributed by atoms with Gasteiger partial charge in [0.05, 0.1) is 12.1 Å². The quantitative estimate of drug-likeness (QED) is 0.279. The van der Waals surface area contributed by atoms with Gasteiger partial charge in [-0.3, -0.25) is 0 Å². The van der Waals surface area contributed by atoms with Gasteiger partial charge in [0.1, 0.15) is 11.3 Å². The molecule has 4 rings (SSSR count). The summed E-state index contributed by atoms with van der Waals surface area (Å²) in [6, 6.07) is 19.6. The van der Waals surface area contributed by atoms with E-state index in [2.05, 4.69) is 97.6 Å². The van der Waals surface area contributed by atoms with Gasteiger partial charge in [0, 0.05) is 41.9 Å². The zero-order valence-electron chi connectivity index (χ0n) is 19.1. The molecule has 31 heavy (non-hydrogen) atoms. The molecular formula is C27H33BrN2O. The van der Waals surface area contributed by atoms with Crippen LogP contribution in [0.25, 0.3) is 21.8 Å². The van der Waals surface area contributed by atoms with E-state index in [1.165, 1.54) is 33.1 Å². The van der Waals surface area contributed by atoms with Crippen molar-refractivity contribution in [1.82, 2.24) is 4.57 Å². The summed E-state index contributed by atoms with van der Waals surface area (Å²) >= 11 is 0. The molecule has 0 aliphatic carbocycles. The second-order valence-corrected chi connectivity index (χ2v) is 8.66. The van der Waals surface area contributed by atoms with Gasteiger partial charge >= 0.3 is 0 Å². The van der Waals surface area contributed by atoms with Gasteiger partial charge in [0.15, 0.2) is 12.7 Å². The lowest BCUT2D eigenvalue weighted by molar-refractivity contribution is -0.693. The standard InChI is InChI=1S/C27H33N2O.BrH/c1-5-6-16-30-23-12-13-24-25-14-15-28(19-22-10-8-7-9-11-22)21(4)27(25)29(18-20(2)3)26(24)17-23;/h7-15,17,20H,5-6,16,18-19H2,1-4H3;1H/q+1;/p-1. The highest BCUT2D eigenvalue weighted by atomic mass is 79.9. The number of benzene rings is 2. The summed E-state index contributed by atoms with van der Waals surface area (Å²) in [5, 5.41) is 2.64. The predicted octanol–water partition coefficient (Wildman–Crippen LogP) is 3.28. The van der Waals surface area contributed by atoms with E-state index in [1.54, 1.807) is 0 Å². The first kappa shape index (κ1) is 23.3. The average Bonchev–Trinajstić information content (AvgIpc) is 3.04. The number of unbranched alkanes of at least 4 members (excludes halogenated alkanes) is 1. The lowest BCUT2D eigenvalue weighted by atomic mass is 10.1. The molecule has 0 spiro atoms. The summed E-state index contributed by atoms with van der Waals surface area (Å²) in [5.41, 5.74) is 5.24. The summed E-state index contributed by atoms with van der Waals surface area (Å²) in [6.07, 6.45) is 4.47. The predicted molar refractivity (Wildman–Crippen MR) is 125 cm³/mol. The van der Waals surface area contributed by atoms with E-state index >= 15 is 0 Å². The van der Waals surface area contributed by atoms with Gasteiger partial charge < -0.3 is 26.3 Å². The minimum Gasteiger partial charge on any atom is -1.00 e. The molecular weight excluding hydrogens is 448 g/mol. The van der Waals surface area contributed by atoms with Crippen LogP contribution in [0.4, 0.5) is 0 Å². The van der Waals surface area contributed by atoms with E-state index in [0.717, 1.165) is 38.3 Å².